The fourth-order valence-corrected chi connectivity index (χ4v) is 2.92. The zero-order valence-corrected chi connectivity index (χ0v) is 11.0. The molecule has 100 valence electrons. The third-order valence-electron chi connectivity index (χ3n) is 2.82. The van der Waals surface area contributed by atoms with E-state index in [1.54, 1.807) is 0 Å². The highest BCUT2D eigenvalue weighted by Crippen LogP contribution is 2.21. The SMILES string of the molecule is C#CCC(NC(=O)NCC1CCSCC1)C(=O)O. The molecular weight excluding hydrogens is 252 g/mol. The third kappa shape index (κ3) is 5.32. The summed E-state index contributed by atoms with van der Waals surface area (Å²) < 4.78 is 0. The Hall–Kier alpha value is -1.35. The van der Waals surface area contributed by atoms with Crippen LogP contribution in [0.15, 0.2) is 0 Å². The maximum atomic E-state index is 11.5. The first-order valence-electron chi connectivity index (χ1n) is 5.92. The van der Waals surface area contributed by atoms with Crippen LogP contribution in [0, 0.1) is 18.3 Å². The van der Waals surface area contributed by atoms with E-state index >= 15 is 0 Å². The zero-order valence-electron chi connectivity index (χ0n) is 10.1. The lowest BCUT2D eigenvalue weighted by molar-refractivity contribution is -0.139. The summed E-state index contributed by atoms with van der Waals surface area (Å²) in [5.41, 5.74) is 0. The summed E-state index contributed by atoms with van der Waals surface area (Å²) in [4.78, 5) is 22.3. The number of nitrogens with one attached hydrogen (secondary N) is 2. The van der Waals surface area contributed by atoms with Crippen molar-refractivity contribution in [2.24, 2.45) is 5.92 Å². The molecule has 1 aliphatic heterocycles. The van der Waals surface area contributed by atoms with E-state index in [2.05, 4.69) is 16.6 Å². The Morgan fingerprint density at radius 1 is 1.44 bits per heavy atom. The number of hydrogen-bond acceptors (Lipinski definition) is 3. The Bertz CT molecular complexity index is 335. The van der Waals surface area contributed by atoms with E-state index in [0.717, 1.165) is 24.3 Å². The zero-order chi connectivity index (χ0) is 13.4. The molecule has 1 rings (SSSR count). The summed E-state index contributed by atoms with van der Waals surface area (Å²) in [7, 11) is 0. The van der Waals surface area contributed by atoms with Crippen LogP contribution in [0.25, 0.3) is 0 Å². The number of aliphatic carboxylic acids is 1. The largest absolute Gasteiger partial charge is 0.480 e. The molecule has 1 saturated heterocycles. The second-order valence-corrected chi connectivity index (χ2v) is 5.43. The fraction of sp³-hybridized carbons (Fsp3) is 0.667. The molecule has 0 aromatic heterocycles. The van der Waals surface area contributed by atoms with Crippen molar-refractivity contribution in [3.05, 3.63) is 0 Å². The molecule has 1 aliphatic rings. The number of thioether (sulfide) groups is 1. The molecule has 1 fully saturated rings. The van der Waals surface area contributed by atoms with E-state index < -0.39 is 18.0 Å². The van der Waals surface area contributed by atoms with Gasteiger partial charge in [0, 0.05) is 13.0 Å². The summed E-state index contributed by atoms with van der Waals surface area (Å²) in [6, 6.07) is -1.48. The van der Waals surface area contributed by atoms with Crippen LogP contribution in [0.5, 0.6) is 0 Å². The van der Waals surface area contributed by atoms with E-state index in [0.29, 0.717) is 12.5 Å². The van der Waals surface area contributed by atoms with Crippen LogP contribution >= 0.6 is 11.8 Å². The van der Waals surface area contributed by atoms with Crippen molar-refractivity contribution >= 4 is 23.8 Å². The number of urea groups is 1. The molecule has 1 atom stereocenters. The molecule has 5 nitrogen and oxygen atoms in total. The lowest BCUT2D eigenvalue weighted by atomic mass is 10.0. The minimum absolute atomic E-state index is 0.0111. The van der Waals surface area contributed by atoms with Crippen LogP contribution in [0.2, 0.25) is 0 Å². The summed E-state index contributed by atoms with van der Waals surface area (Å²) in [5.74, 6) is 3.87. The van der Waals surface area contributed by atoms with Crippen molar-refractivity contribution in [2.45, 2.75) is 25.3 Å². The van der Waals surface area contributed by atoms with Crippen LogP contribution in [-0.4, -0.2) is 41.2 Å². The quantitative estimate of drug-likeness (QED) is 0.649. The number of amides is 2. The average Bonchev–Trinajstić information content (AvgIpc) is 2.37. The Labute approximate surface area is 111 Å². The molecule has 1 unspecified atom stereocenters. The van der Waals surface area contributed by atoms with Gasteiger partial charge >= 0.3 is 12.0 Å². The van der Waals surface area contributed by atoms with Gasteiger partial charge in [-0.2, -0.15) is 11.8 Å². The van der Waals surface area contributed by atoms with Crippen molar-refractivity contribution in [3.8, 4) is 12.3 Å². The molecule has 0 bridgehead atoms. The topological polar surface area (TPSA) is 78.4 Å². The van der Waals surface area contributed by atoms with Gasteiger partial charge in [-0.1, -0.05) is 0 Å². The highest BCUT2D eigenvalue weighted by atomic mass is 32.2. The maximum Gasteiger partial charge on any atom is 0.327 e. The Kier molecular flexibility index (Phi) is 6.44. The van der Waals surface area contributed by atoms with Gasteiger partial charge in [-0.05, 0) is 30.3 Å². The van der Waals surface area contributed by atoms with Crippen LogP contribution in [0.4, 0.5) is 4.79 Å². The first-order valence-corrected chi connectivity index (χ1v) is 7.07. The van der Waals surface area contributed by atoms with Crippen molar-refractivity contribution in [3.63, 3.8) is 0 Å². The van der Waals surface area contributed by atoms with Crippen molar-refractivity contribution in [1.82, 2.24) is 10.6 Å². The number of carbonyl (C=O) groups is 2. The summed E-state index contributed by atoms with van der Waals surface area (Å²) in [6.45, 7) is 0.592. The second-order valence-electron chi connectivity index (χ2n) is 4.21. The van der Waals surface area contributed by atoms with E-state index in [-0.39, 0.29) is 6.42 Å². The maximum absolute atomic E-state index is 11.5. The predicted octanol–water partition coefficient (Wildman–Crippen LogP) is 0.905. The highest BCUT2D eigenvalue weighted by molar-refractivity contribution is 7.99. The van der Waals surface area contributed by atoms with Gasteiger partial charge in [-0.25, -0.2) is 9.59 Å². The van der Waals surface area contributed by atoms with Gasteiger partial charge in [-0.15, -0.1) is 12.3 Å². The van der Waals surface area contributed by atoms with Crippen molar-refractivity contribution in [2.75, 3.05) is 18.1 Å². The molecule has 3 N–H and O–H groups in total. The molecule has 0 aliphatic carbocycles. The number of terminal acetylenes is 1. The highest BCUT2D eigenvalue weighted by Gasteiger charge is 2.19. The summed E-state index contributed by atoms with van der Waals surface area (Å²) in [6.07, 6.45) is 7.23. The predicted molar refractivity (Wildman–Crippen MR) is 71.5 cm³/mol. The number of carbonyl (C=O) groups excluding carboxylic acids is 1. The number of hydrogen-bond donors (Lipinski definition) is 3. The van der Waals surface area contributed by atoms with Crippen molar-refractivity contribution < 1.29 is 14.7 Å². The number of rotatable bonds is 5. The second kappa shape index (κ2) is 7.88. The van der Waals surface area contributed by atoms with E-state index in [1.165, 1.54) is 0 Å². The first-order chi connectivity index (χ1) is 8.63. The van der Waals surface area contributed by atoms with Gasteiger partial charge < -0.3 is 15.7 Å². The molecule has 18 heavy (non-hydrogen) atoms. The minimum Gasteiger partial charge on any atom is -0.480 e. The molecular formula is C12H18N2O3S. The molecule has 0 saturated carbocycles. The van der Waals surface area contributed by atoms with Crippen LogP contribution in [-0.2, 0) is 4.79 Å². The Morgan fingerprint density at radius 2 is 2.11 bits per heavy atom. The summed E-state index contributed by atoms with van der Waals surface area (Å²) >= 11 is 1.93. The Morgan fingerprint density at radius 3 is 2.67 bits per heavy atom. The summed E-state index contributed by atoms with van der Waals surface area (Å²) in [5, 5.41) is 13.9. The number of carboxylic acids is 1. The molecule has 0 radical (unpaired) electrons. The van der Waals surface area contributed by atoms with Gasteiger partial charge in [0.05, 0.1) is 0 Å². The monoisotopic (exact) mass is 270 g/mol. The molecule has 0 spiro atoms. The minimum atomic E-state index is -1.11. The fourth-order valence-electron chi connectivity index (χ4n) is 1.71. The average molecular weight is 270 g/mol. The van der Waals surface area contributed by atoms with Crippen molar-refractivity contribution in [1.29, 1.82) is 0 Å². The van der Waals surface area contributed by atoms with Crippen LogP contribution in [0.1, 0.15) is 19.3 Å². The lowest BCUT2D eigenvalue weighted by Crippen LogP contribution is -2.47. The standard InChI is InChI=1S/C12H18N2O3S/c1-2-3-10(11(15)16)14-12(17)13-8-9-4-6-18-7-5-9/h1,9-10H,3-8H2,(H,15,16)(H2,13,14,17). The van der Waals surface area contributed by atoms with Gasteiger partial charge in [0.25, 0.3) is 0 Å². The molecule has 1 heterocycles. The lowest BCUT2D eigenvalue weighted by Gasteiger charge is -2.22. The molecule has 0 aromatic carbocycles. The molecule has 0 aromatic rings. The smallest absolute Gasteiger partial charge is 0.327 e. The van der Waals surface area contributed by atoms with Crippen LogP contribution < -0.4 is 10.6 Å². The van der Waals surface area contributed by atoms with E-state index in [4.69, 9.17) is 11.5 Å². The van der Waals surface area contributed by atoms with E-state index in [1.807, 2.05) is 11.8 Å². The van der Waals surface area contributed by atoms with Crippen LogP contribution in [0.3, 0.4) is 0 Å². The van der Waals surface area contributed by atoms with E-state index in [9.17, 15) is 9.59 Å². The van der Waals surface area contributed by atoms with Gasteiger partial charge in [0.1, 0.15) is 6.04 Å². The molecule has 6 heteroatoms. The Balaban J connectivity index is 2.27. The van der Waals surface area contributed by atoms with Gasteiger partial charge in [0.2, 0.25) is 0 Å². The van der Waals surface area contributed by atoms with Gasteiger partial charge in [0.15, 0.2) is 0 Å². The third-order valence-corrected chi connectivity index (χ3v) is 3.87. The number of carboxylic acid groups (broad SMARTS) is 1. The molecule has 2 amide bonds. The first kappa shape index (κ1) is 14.7. The normalized spacial score (nSPS) is 17.5. The van der Waals surface area contributed by atoms with Gasteiger partial charge in [-0.3, -0.25) is 0 Å².